The van der Waals surface area contributed by atoms with Gasteiger partial charge in [0.05, 0.1) is 19.0 Å². The Bertz CT molecular complexity index is 1760. The third kappa shape index (κ3) is 9.04. The molecule has 1 aromatic heterocycles. The van der Waals surface area contributed by atoms with Crippen molar-refractivity contribution in [1.29, 1.82) is 0 Å². The highest BCUT2D eigenvalue weighted by molar-refractivity contribution is 5.89. The number of pyridine rings is 1. The number of rotatable bonds is 12. The van der Waals surface area contributed by atoms with Crippen molar-refractivity contribution in [3.8, 4) is 23.5 Å². The first kappa shape index (κ1) is 35.1. The minimum absolute atomic E-state index is 0.0306. The summed E-state index contributed by atoms with van der Waals surface area (Å²) in [6, 6.07) is 15.2. The van der Waals surface area contributed by atoms with Crippen molar-refractivity contribution in [3.63, 3.8) is 0 Å². The Morgan fingerprint density at radius 1 is 1.08 bits per heavy atom. The zero-order chi connectivity index (χ0) is 35.1. The summed E-state index contributed by atoms with van der Waals surface area (Å²) < 4.78 is 23.6. The second kappa shape index (κ2) is 15.4. The maximum atomic E-state index is 12.5. The van der Waals surface area contributed by atoms with E-state index in [-0.39, 0.29) is 37.5 Å². The molecule has 5 rings (SSSR count). The van der Waals surface area contributed by atoms with Gasteiger partial charge in [0, 0.05) is 21.5 Å². The van der Waals surface area contributed by atoms with E-state index in [4.69, 9.17) is 23.9 Å². The largest absolute Gasteiger partial charge is 0.487 e. The number of carbonyl (C=O) groups is 3. The Hall–Kier alpha value is -5.18. The number of hydrogen-bond donors (Lipinski definition) is 2. The molecular formula is C37H42N3O9+. The molecule has 0 bridgehead atoms. The summed E-state index contributed by atoms with van der Waals surface area (Å²) >= 11 is 0. The maximum absolute atomic E-state index is 12.5. The summed E-state index contributed by atoms with van der Waals surface area (Å²) in [6.45, 7) is 5.47. The van der Waals surface area contributed by atoms with Gasteiger partial charge in [0.2, 0.25) is 12.4 Å². The van der Waals surface area contributed by atoms with Gasteiger partial charge in [0.25, 0.3) is 6.04 Å². The zero-order valence-corrected chi connectivity index (χ0v) is 28.1. The van der Waals surface area contributed by atoms with Crippen molar-refractivity contribution >= 4 is 28.9 Å². The van der Waals surface area contributed by atoms with E-state index in [1.807, 2.05) is 54.6 Å². The third-order valence-corrected chi connectivity index (χ3v) is 8.59. The number of para-hydroxylation sites is 1. The van der Waals surface area contributed by atoms with Gasteiger partial charge in [-0.25, -0.2) is 19.4 Å². The minimum atomic E-state index is -1.11. The van der Waals surface area contributed by atoms with Gasteiger partial charge < -0.3 is 29.4 Å². The summed E-state index contributed by atoms with van der Waals surface area (Å²) in [5.74, 6) is 5.64. The smallest absolute Gasteiger partial charge is 0.408 e. The van der Waals surface area contributed by atoms with Crippen LogP contribution in [0.1, 0.15) is 64.0 Å². The number of fused-ring (bicyclic) bond motifs is 1. The lowest BCUT2D eigenvalue weighted by atomic mass is 9.87. The van der Waals surface area contributed by atoms with Crippen LogP contribution in [0.2, 0.25) is 0 Å². The van der Waals surface area contributed by atoms with Crippen molar-refractivity contribution in [2.75, 3.05) is 13.7 Å². The van der Waals surface area contributed by atoms with Crippen LogP contribution in [0.25, 0.3) is 10.9 Å². The van der Waals surface area contributed by atoms with Crippen LogP contribution in [0.3, 0.4) is 0 Å². The van der Waals surface area contributed by atoms with Crippen molar-refractivity contribution in [2.45, 2.75) is 83.8 Å². The Balaban J connectivity index is 1.29. The minimum Gasteiger partial charge on any atom is -0.487 e. The van der Waals surface area contributed by atoms with E-state index in [1.54, 1.807) is 20.8 Å². The molecule has 12 heteroatoms. The summed E-state index contributed by atoms with van der Waals surface area (Å²) in [5, 5.41) is 12.7. The molecule has 2 fully saturated rings. The van der Waals surface area contributed by atoms with Crippen LogP contribution in [-0.2, 0) is 25.7 Å². The third-order valence-electron chi connectivity index (χ3n) is 8.59. The zero-order valence-electron chi connectivity index (χ0n) is 28.1. The number of aliphatic carboxylic acids is 1. The van der Waals surface area contributed by atoms with E-state index in [0.717, 1.165) is 23.8 Å². The molecule has 3 aromatic rings. The lowest BCUT2D eigenvalue weighted by molar-refractivity contribution is -0.555. The van der Waals surface area contributed by atoms with E-state index in [2.05, 4.69) is 17.2 Å². The number of esters is 1. The van der Waals surface area contributed by atoms with Crippen LogP contribution < -0.4 is 14.8 Å². The molecule has 2 heterocycles. The summed E-state index contributed by atoms with van der Waals surface area (Å²) in [6.07, 6.45) is 1.31. The number of unbranched alkanes of at least 4 members (excludes halogenated alkanes) is 1. The number of benzene rings is 2. The first-order valence-corrected chi connectivity index (χ1v) is 16.4. The molecule has 1 amide bonds. The number of ether oxygens (including phenoxy) is 4. The van der Waals surface area contributed by atoms with Gasteiger partial charge in [-0.3, -0.25) is 0 Å². The van der Waals surface area contributed by atoms with E-state index >= 15 is 0 Å². The number of carboxylic acids is 1. The molecule has 49 heavy (non-hydrogen) atoms. The molecule has 0 spiro atoms. The highest BCUT2D eigenvalue weighted by atomic mass is 16.6. The van der Waals surface area contributed by atoms with Gasteiger partial charge >= 0.3 is 18.0 Å². The molecular weight excluding hydrogens is 630 g/mol. The number of nitrogens with zero attached hydrogens (tertiary/aromatic N) is 2. The predicted molar refractivity (Wildman–Crippen MR) is 179 cm³/mol. The van der Waals surface area contributed by atoms with E-state index < -0.39 is 41.6 Å². The van der Waals surface area contributed by atoms with Gasteiger partial charge in [0.1, 0.15) is 30.1 Å². The van der Waals surface area contributed by atoms with Crippen molar-refractivity contribution < 1.29 is 43.2 Å². The lowest BCUT2D eigenvalue weighted by Crippen LogP contribution is -2.49. The maximum Gasteiger partial charge on any atom is 0.408 e. The predicted octanol–water partition coefficient (Wildman–Crippen LogP) is 5.42. The van der Waals surface area contributed by atoms with E-state index in [9.17, 15) is 24.4 Å². The SMILES string of the molecule is COC(=O)C1CC(Oc2nc3ccccc3c(OCc3ccccc3)c2C#CCCCC2CC2OC(=O)NC(C(=O)O)C(C)(C)C)C[N+]1=O. The number of amides is 1. The van der Waals surface area contributed by atoms with Crippen molar-refractivity contribution in [1.82, 2.24) is 10.3 Å². The van der Waals surface area contributed by atoms with E-state index in [0.29, 0.717) is 34.4 Å². The summed E-state index contributed by atoms with van der Waals surface area (Å²) in [7, 11) is 1.25. The van der Waals surface area contributed by atoms with Gasteiger partial charge in [-0.05, 0) is 48.3 Å². The van der Waals surface area contributed by atoms with Gasteiger partial charge in [-0.2, -0.15) is 0 Å². The van der Waals surface area contributed by atoms with Crippen LogP contribution in [0, 0.1) is 28.1 Å². The molecule has 1 aliphatic heterocycles. The highest BCUT2D eigenvalue weighted by Crippen LogP contribution is 2.39. The standard InChI is InChI=1S/C37H41N3O9/c1-37(2,3)32(34(41)42)39-36(44)49-30-19-24(30)15-9-6-10-17-27-31(47-22-23-13-7-5-8-14-23)26-16-11-12-18-28(26)38-33(27)48-25-20-29(35(43)46-4)40(45)21-25/h5,7-8,11-14,16,18,24-25,29-30,32H,6,9,15,19-22H2,1-4H3,(H-,39,41,42,44)/p+1. The fourth-order valence-electron chi connectivity index (χ4n) is 5.81. The average molecular weight is 673 g/mol. The molecule has 0 radical (unpaired) electrons. The number of nitroso groups, excluding NO2 is 1. The molecule has 2 N–H and O–H groups in total. The molecule has 5 unspecified atom stereocenters. The second-order valence-electron chi connectivity index (χ2n) is 13.4. The molecule has 5 atom stereocenters. The molecule has 258 valence electrons. The number of methoxy groups -OCH3 is 1. The highest BCUT2D eigenvalue weighted by Gasteiger charge is 2.47. The van der Waals surface area contributed by atoms with Crippen LogP contribution in [0.5, 0.6) is 11.6 Å². The summed E-state index contributed by atoms with van der Waals surface area (Å²) in [5.41, 5.74) is 1.39. The number of hydrogen-bond acceptors (Lipinski definition) is 9. The number of carboxylic acid groups (broad SMARTS) is 1. The Kier molecular flexibility index (Phi) is 11.0. The Morgan fingerprint density at radius 3 is 2.53 bits per heavy atom. The lowest BCUT2D eigenvalue weighted by Gasteiger charge is -2.27. The number of carbonyl (C=O) groups excluding carboxylic acids is 2. The molecule has 12 nitrogen and oxygen atoms in total. The van der Waals surface area contributed by atoms with Crippen molar-refractivity contribution in [2.24, 2.45) is 11.3 Å². The number of nitrogens with one attached hydrogen (secondary N) is 1. The second-order valence-corrected chi connectivity index (χ2v) is 13.4. The topological polar surface area (TPSA) is 153 Å². The molecule has 1 saturated heterocycles. The van der Waals surface area contributed by atoms with Gasteiger partial charge in [0.15, 0.2) is 6.10 Å². The molecule has 1 saturated carbocycles. The molecule has 2 aliphatic rings. The fourth-order valence-corrected chi connectivity index (χ4v) is 5.81. The number of aromatic nitrogens is 1. The van der Waals surface area contributed by atoms with E-state index in [1.165, 1.54) is 7.11 Å². The van der Waals surface area contributed by atoms with Gasteiger partial charge in [-0.1, -0.05) is 75.1 Å². The number of alkyl carbamates (subject to hydrolysis) is 1. The molecule has 2 aromatic carbocycles. The Morgan fingerprint density at radius 2 is 1.82 bits per heavy atom. The first-order valence-electron chi connectivity index (χ1n) is 16.4. The quantitative estimate of drug-likeness (QED) is 0.110. The van der Waals surface area contributed by atoms with Crippen LogP contribution >= 0.6 is 0 Å². The summed E-state index contributed by atoms with van der Waals surface area (Å²) in [4.78, 5) is 53.3. The average Bonchev–Trinajstić information content (AvgIpc) is 3.70. The van der Waals surface area contributed by atoms with Crippen LogP contribution in [0.4, 0.5) is 4.79 Å². The Labute approximate surface area is 285 Å². The monoisotopic (exact) mass is 672 g/mol. The molecule has 1 aliphatic carbocycles. The first-order chi connectivity index (χ1) is 23.4. The van der Waals surface area contributed by atoms with Gasteiger partial charge in [-0.15, -0.1) is 0 Å². The van der Waals surface area contributed by atoms with Crippen LogP contribution in [0.15, 0.2) is 54.6 Å². The fraction of sp³-hybridized carbons (Fsp3) is 0.459. The van der Waals surface area contributed by atoms with Crippen molar-refractivity contribution in [3.05, 3.63) is 70.6 Å². The normalized spacial score (nSPS) is 20.4. The van der Waals surface area contributed by atoms with Crippen LogP contribution in [-0.4, -0.2) is 70.8 Å².